The van der Waals surface area contributed by atoms with E-state index < -0.39 is 35.6 Å². The van der Waals surface area contributed by atoms with Crippen molar-refractivity contribution in [2.75, 3.05) is 64.6 Å². The minimum absolute atomic E-state index is 0.0444. The van der Waals surface area contributed by atoms with Gasteiger partial charge >= 0.3 is 0 Å². The van der Waals surface area contributed by atoms with Gasteiger partial charge in [0.15, 0.2) is 0 Å². The maximum Gasteiger partial charge on any atom is 0.262 e. The summed E-state index contributed by atoms with van der Waals surface area (Å²) in [6.45, 7) is 5.26. The molecule has 0 bridgehead atoms. The number of likely N-dealkylation sites (tertiary alicyclic amines) is 1. The van der Waals surface area contributed by atoms with Crippen LogP contribution in [0.1, 0.15) is 52.8 Å². The van der Waals surface area contributed by atoms with Gasteiger partial charge in [-0.25, -0.2) is 0 Å². The van der Waals surface area contributed by atoms with E-state index in [1.54, 1.807) is 0 Å². The van der Waals surface area contributed by atoms with Crippen molar-refractivity contribution in [1.29, 1.82) is 0 Å². The first-order chi connectivity index (χ1) is 18.4. The van der Waals surface area contributed by atoms with Gasteiger partial charge in [-0.05, 0) is 50.6 Å². The molecule has 0 spiro atoms. The summed E-state index contributed by atoms with van der Waals surface area (Å²) in [7, 11) is 0. The molecule has 1 unspecified atom stereocenters. The summed E-state index contributed by atoms with van der Waals surface area (Å²) >= 11 is 0. The monoisotopic (exact) mass is 530 g/mol. The number of carbonyl (C=O) groups excluding carboxylic acids is 5. The molecular weight excluding hydrogens is 496 g/mol. The van der Waals surface area contributed by atoms with Crippen molar-refractivity contribution in [2.24, 2.45) is 0 Å². The number of rotatable bonds is 13. The van der Waals surface area contributed by atoms with E-state index in [2.05, 4.69) is 15.5 Å². The van der Waals surface area contributed by atoms with E-state index in [-0.39, 0.29) is 37.2 Å². The number of hydrogen-bond donors (Lipinski definition) is 2. The number of anilines is 1. The molecule has 5 amide bonds. The van der Waals surface area contributed by atoms with E-state index in [4.69, 9.17) is 14.2 Å². The molecule has 12 nitrogen and oxygen atoms in total. The molecule has 38 heavy (non-hydrogen) atoms. The van der Waals surface area contributed by atoms with Crippen LogP contribution in [-0.4, -0.2) is 105 Å². The van der Waals surface area contributed by atoms with Gasteiger partial charge in [-0.2, -0.15) is 0 Å². The maximum absolute atomic E-state index is 12.9. The minimum Gasteiger partial charge on any atom is -0.378 e. The molecule has 3 heterocycles. The van der Waals surface area contributed by atoms with Crippen molar-refractivity contribution in [3.05, 3.63) is 29.3 Å². The molecule has 12 heteroatoms. The topological polar surface area (TPSA) is 144 Å². The summed E-state index contributed by atoms with van der Waals surface area (Å²) in [6.07, 6.45) is 3.97. The highest BCUT2D eigenvalue weighted by atomic mass is 16.5. The number of piperidine rings is 2. The van der Waals surface area contributed by atoms with Gasteiger partial charge in [0.05, 0.1) is 44.2 Å². The van der Waals surface area contributed by atoms with Gasteiger partial charge < -0.3 is 24.4 Å². The Hall–Kier alpha value is -3.19. The summed E-state index contributed by atoms with van der Waals surface area (Å²) in [6, 6.07) is 3.29. The highest BCUT2D eigenvalue weighted by Gasteiger charge is 2.44. The Labute approximate surface area is 220 Å². The van der Waals surface area contributed by atoms with Crippen molar-refractivity contribution >= 4 is 35.2 Å². The van der Waals surface area contributed by atoms with Crippen molar-refractivity contribution < 1.29 is 38.2 Å². The second-order valence-corrected chi connectivity index (χ2v) is 9.44. The molecule has 1 aromatic rings. The molecule has 3 aliphatic rings. The van der Waals surface area contributed by atoms with Crippen LogP contribution in [0.2, 0.25) is 0 Å². The quantitative estimate of drug-likeness (QED) is 0.276. The number of hydrogen-bond acceptors (Lipinski definition) is 9. The fraction of sp³-hybridized carbons (Fsp3) is 0.577. The van der Waals surface area contributed by atoms with Crippen molar-refractivity contribution in [3.8, 4) is 0 Å². The predicted molar refractivity (Wildman–Crippen MR) is 134 cm³/mol. The zero-order valence-corrected chi connectivity index (χ0v) is 21.4. The number of carbonyl (C=O) groups is 5. The number of amides is 5. The minimum atomic E-state index is -1.04. The second kappa shape index (κ2) is 13.6. The van der Waals surface area contributed by atoms with E-state index in [0.29, 0.717) is 32.1 Å². The van der Waals surface area contributed by atoms with Crippen molar-refractivity contribution in [1.82, 2.24) is 15.1 Å². The lowest BCUT2D eigenvalue weighted by molar-refractivity contribution is -0.136. The molecular formula is C26H34N4O8. The molecule has 2 N–H and O–H groups in total. The molecule has 4 rings (SSSR count). The number of benzene rings is 1. The Morgan fingerprint density at radius 3 is 2.32 bits per heavy atom. The van der Waals surface area contributed by atoms with E-state index in [1.165, 1.54) is 37.5 Å². The van der Waals surface area contributed by atoms with Gasteiger partial charge in [-0.15, -0.1) is 0 Å². The third-order valence-electron chi connectivity index (χ3n) is 6.70. The SMILES string of the molecule is O=C1CCC(N2C(=O)c3ccc(NC(=O)COCCOCCOCCN4CCCCC4)cc3C2=O)C(=O)N1. The third kappa shape index (κ3) is 7.22. The van der Waals surface area contributed by atoms with Gasteiger partial charge in [0, 0.05) is 18.7 Å². The molecule has 0 aliphatic carbocycles. The second-order valence-electron chi connectivity index (χ2n) is 9.44. The molecule has 2 saturated heterocycles. The first-order valence-electron chi connectivity index (χ1n) is 13.0. The normalized spacial score (nSPS) is 20.0. The molecule has 206 valence electrons. The molecule has 0 aromatic heterocycles. The highest BCUT2D eigenvalue weighted by molar-refractivity contribution is 6.23. The van der Waals surface area contributed by atoms with Crippen LogP contribution in [-0.2, 0) is 28.6 Å². The first kappa shape index (κ1) is 27.8. The van der Waals surface area contributed by atoms with Gasteiger partial charge in [-0.3, -0.25) is 34.2 Å². The molecule has 1 atom stereocenters. The van der Waals surface area contributed by atoms with Gasteiger partial charge in [0.2, 0.25) is 17.7 Å². The van der Waals surface area contributed by atoms with Gasteiger partial charge in [0.25, 0.3) is 11.8 Å². The van der Waals surface area contributed by atoms with Crippen LogP contribution in [0.3, 0.4) is 0 Å². The van der Waals surface area contributed by atoms with E-state index in [1.807, 2.05) is 0 Å². The van der Waals surface area contributed by atoms with Crippen molar-refractivity contribution in [3.63, 3.8) is 0 Å². The maximum atomic E-state index is 12.9. The van der Waals surface area contributed by atoms with Gasteiger partial charge in [-0.1, -0.05) is 6.42 Å². The van der Waals surface area contributed by atoms with Crippen LogP contribution in [0.25, 0.3) is 0 Å². The number of imide groups is 2. The Kier molecular flexibility index (Phi) is 9.93. The summed E-state index contributed by atoms with van der Waals surface area (Å²) in [5, 5.41) is 4.79. The van der Waals surface area contributed by atoms with E-state index in [0.717, 1.165) is 24.5 Å². The summed E-state index contributed by atoms with van der Waals surface area (Å²) in [5.41, 5.74) is 0.549. The zero-order chi connectivity index (χ0) is 26.9. The molecule has 2 fully saturated rings. The number of ether oxygens (including phenoxy) is 3. The summed E-state index contributed by atoms with van der Waals surface area (Å²) in [5.74, 6) is -2.78. The Morgan fingerprint density at radius 1 is 0.895 bits per heavy atom. The molecule has 0 radical (unpaired) electrons. The van der Waals surface area contributed by atoms with E-state index in [9.17, 15) is 24.0 Å². The largest absolute Gasteiger partial charge is 0.378 e. The first-order valence-corrected chi connectivity index (χ1v) is 13.0. The average molecular weight is 531 g/mol. The Bertz CT molecular complexity index is 1060. The van der Waals surface area contributed by atoms with Crippen LogP contribution in [0.5, 0.6) is 0 Å². The number of nitrogens with zero attached hydrogens (tertiary/aromatic N) is 2. The lowest BCUT2D eigenvalue weighted by Crippen LogP contribution is -2.54. The number of fused-ring (bicyclic) bond motifs is 1. The number of nitrogens with one attached hydrogen (secondary N) is 2. The van der Waals surface area contributed by atoms with Crippen LogP contribution < -0.4 is 10.6 Å². The molecule has 3 aliphatic heterocycles. The molecule has 0 saturated carbocycles. The highest BCUT2D eigenvalue weighted by Crippen LogP contribution is 2.29. The van der Waals surface area contributed by atoms with Crippen molar-refractivity contribution in [2.45, 2.75) is 38.1 Å². The fourth-order valence-electron chi connectivity index (χ4n) is 4.73. The summed E-state index contributed by atoms with van der Waals surface area (Å²) in [4.78, 5) is 64.7. The van der Waals surface area contributed by atoms with Crippen LogP contribution in [0.4, 0.5) is 5.69 Å². The van der Waals surface area contributed by atoms with Crippen LogP contribution in [0.15, 0.2) is 18.2 Å². The predicted octanol–water partition coefficient (Wildman–Crippen LogP) is 0.562. The standard InChI is InChI=1S/C26H34N4O8/c31-22-7-6-21(24(33)28-22)30-25(34)19-5-4-18(16-20(19)26(30)35)27-23(32)17-38-15-14-37-13-12-36-11-10-29-8-2-1-3-9-29/h4-5,16,21H,1-3,6-15,17H2,(H,27,32)(H,28,31,33). The Morgan fingerprint density at radius 2 is 1.58 bits per heavy atom. The Balaban J connectivity index is 1.11. The lowest BCUT2D eigenvalue weighted by Gasteiger charge is -2.27. The third-order valence-corrected chi connectivity index (χ3v) is 6.70. The lowest BCUT2D eigenvalue weighted by atomic mass is 10.0. The summed E-state index contributed by atoms with van der Waals surface area (Å²) < 4.78 is 16.4. The molecule has 1 aromatic carbocycles. The average Bonchev–Trinajstić information content (AvgIpc) is 3.15. The van der Waals surface area contributed by atoms with Crippen LogP contribution in [0, 0.1) is 0 Å². The smallest absolute Gasteiger partial charge is 0.262 e. The van der Waals surface area contributed by atoms with Gasteiger partial charge in [0.1, 0.15) is 12.6 Å². The fourth-order valence-corrected chi connectivity index (χ4v) is 4.73. The zero-order valence-electron chi connectivity index (χ0n) is 21.4. The van der Waals surface area contributed by atoms with Crippen LogP contribution >= 0.6 is 0 Å². The van der Waals surface area contributed by atoms with E-state index >= 15 is 0 Å².